The van der Waals surface area contributed by atoms with Crippen LogP contribution in [0.2, 0.25) is 0 Å². The van der Waals surface area contributed by atoms with Crippen molar-refractivity contribution in [1.82, 2.24) is 0 Å². The molecule has 0 heterocycles. The van der Waals surface area contributed by atoms with Crippen LogP contribution < -0.4 is 0 Å². The largest absolute Gasteiger partial charge is 0.290 e. The lowest BCUT2D eigenvalue weighted by atomic mass is 10.4. The summed E-state index contributed by atoms with van der Waals surface area (Å²) in [6, 6.07) is 0. The molecule has 0 aliphatic rings. The van der Waals surface area contributed by atoms with Gasteiger partial charge in [-0.2, -0.15) is 0 Å². The summed E-state index contributed by atoms with van der Waals surface area (Å²) < 4.78 is 11.5. The Balaban J connectivity index is 3.60. The average molecular weight is 129 g/mol. The molecule has 0 radical (unpaired) electrons. The molecule has 0 aromatic heterocycles. The predicted octanol–water partition coefficient (Wildman–Crippen LogP) is 1.99. The molecule has 0 rings (SSSR count). The molecule has 1 nitrogen and oxygen atoms in total. The van der Waals surface area contributed by atoms with E-state index in [0.29, 0.717) is 0 Å². The number of alkyl halides is 1. The zero-order valence-electron chi connectivity index (χ0n) is 5.89. The maximum atomic E-state index is 11.5. The van der Waals surface area contributed by atoms with Gasteiger partial charge in [0.25, 0.3) is 0 Å². The lowest BCUT2D eigenvalue weighted by molar-refractivity contribution is 0.562. The Bertz CT molecular complexity index is 116. The van der Waals surface area contributed by atoms with Gasteiger partial charge < -0.3 is 0 Å². The minimum atomic E-state index is -0.406. The molecule has 0 unspecified atom stereocenters. The molecule has 52 valence electrons. The Kier molecular flexibility index (Phi) is 5.07. The topological polar surface area (TPSA) is 12.4 Å². The number of allylic oxidation sites excluding steroid dienone is 2. The Morgan fingerprint density at radius 3 is 2.78 bits per heavy atom. The van der Waals surface area contributed by atoms with Gasteiger partial charge in [-0.25, -0.2) is 4.39 Å². The second-order valence-electron chi connectivity index (χ2n) is 1.67. The number of hydrogen-bond donors (Lipinski definition) is 0. The van der Waals surface area contributed by atoms with Crippen LogP contribution in [0.4, 0.5) is 4.39 Å². The zero-order valence-corrected chi connectivity index (χ0v) is 5.89. The fourth-order valence-electron chi connectivity index (χ4n) is 0.517. The lowest BCUT2D eigenvalue weighted by Crippen LogP contribution is -1.85. The standard InChI is InChI=1S/C7H12FN/c1-3-9-7(2)5-4-6-8/h4-5H,3,6H2,1-2H3/b5-4-,9-7-. The van der Waals surface area contributed by atoms with E-state index >= 15 is 0 Å². The summed E-state index contributed by atoms with van der Waals surface area (Å²) in [5.41, 5.74) is 0.884. The highest BCUT2D eigenvalue weighted by molar-refractivity contribution is 5.92. The van der Waals surface area contributed by atoms with E-state index in [1.54, 1.807) is 6.08 Å². The van der Waals surface area contributed by atoms with Gasteiger partial charge in [0.15, 0.2) is 0 Å². The quantitative estimate of drug-likeness (QED) is 0.517. The van der Waals surface area contributed by atoms with Crippen LogP contribution in [0.5, 0.6) is 0 Å². The molecular formula is C7H12FN. The molecule has 0 spiro atoms. The monoisotopic (exact) mass is 129 g/mol. The molecule has 0 atom stereocenters. The third-order valence-electron chi connectivity index (χ3n) is 0.856. The molecule has 0 saturated heterocycles. The normalized spacial score (nSPS) is 13.0. The molecular weight excluding hydrogens is 117 g/mol. The van der Waals surface area contributed by atoms with Gasteiger partial charge in [0.2, 0.25) is 0 Å². The second kappa shape index (κ2) is 5.48. The van der Waals surface area contributed by atoms with Crippen LogP contribution in [0.3, 0.4) is 0 Å². The van der Waals surface area contributed by atoms with E-state index in [2.05, 4.69) is 4.99 Å². The molecule has 0 saturated carbocycles. The minimum Gasteiger partial charge on any atom is -0.290 e. The maximum absolute atomic E-state index is 11.5. The molecule has 0 aromatic carbocycles. The van der Waals surface area contributed by atoms with E-state index in [9.17, 15) is 4.39 Å². The molecule has 0 aliphatic heterocycles. The Labute approximate surface area is 55.3 Å². The molecule has 0 aromatic rings. The Morgan fingerprint density at radius 1 is 1.67 bits per heavy atom. The van der Waals surface area contributed by atoms with Crippen molar-refractivity contribution in [3.8, 4) is 0 Å². The second-order valence-corrected chi connectivity index (χ2v) is 1.67. The van der Waals surface area contributed by atoms with Crippen molar-refractivity contribution in [2.45, 2.75) is 13.8 Å². The molecule has 0 N–H and O–H groups in total. The van der Waals surface area contributed by atoms with E-state index < -0.39 is 6.67 Å². The first kappa shape index (κ1) is 8.34. The van der Waals surface area contributed by atoms with Gasteiger partial charge in [-0.3, -0.25) is 4.99 Å². The third-order valence-corrected chi connectivity index (χ3v) is 0.856. The van der Waals surface area contributed by atoms with Crippen LogP contribution in [0.1, 0.15) is 13.8 Å². The lowest BCUT2D eigenvalue weighted by Gasteiger charge is -1.86. The summed E-state index contributed by atoms with van der Waals surface area (Å²) in [7, 11) is 0. The highest BCUT2D eigenvalue weighted by Crippen LogP contribution is 1.81. The molecule has 0 aliphatic carbocycles. The summed E-state index contributed by atoms with van der Waals surface area (Å²) in [6.07, 6.45) is 3.14. The Hall–Kier alpha value is -0.660. The van der Waals surface area contributed by atoms with E-state index in [1.165, 1.54) is 6.08 Å². The smallest absolute Gasteiger partial charge is 0.108 e. The van der Waals surface area contributed by atoms with Crippen LogP contribution in [0.25, 0.3) is 0 Å². The number of nitrogens with zero attached hydrogens (tertiary/aromatic N) is 1. The van der Waals surface area contributed by atoms with Gasteiger partial charge >= 0.3 is 0 Å². The van der Waals surface area contributed by atoms with E-state index in [-0.39, 0.29) is 0 Å². The summed E-state index contributed by atoms with van der Waals surface area (Å²) in [5, 5.41) is 0. The summed E-state index contributed by atoms with van der Waals surface area (Å²) in [6.45, 7) is 4.17. The first-order chi connectivity index (χ1) is 4.31. The average Bonchev–Trinajstić information content (AvgIpc) is 1.85. The number of halogens is 1. The van der Waals surface area contributed by atoms with Crippen molar-refractivity contribution >= 4 is 5.71 Å². The molecule has 0 amide bonds. The van der Waals surface area contributed by atoms with Crippen molar-refractivity contribution < 1.29 is 4.39 Å². The SMILES string of the molecule is CC/N=C(C)\C=C/CF. The third kappa shape index (κ3) is 5.21. The van der Waals surface area contributed by atoms with Crippen LogP contribution in [0, 0.1) is 0 Å². The summed E-state index contributed by atoms with van der Waals surface area (Å²) in [4.78, 5) is 4.03. The Morgan fingerprint density at radius 2 is 2.33 bits per heavy atom. The predicted molar refractivity (Wildman–Crippen MR) is 38.8 cm³/mol. The van der Waals surface area contributed by atoms with Crippen LogP contribution >= 0.6 is 0 Å². The first-order valence-corrected chi connectivity index (χ1v) is 3.04. The molecule has 9 heavy (non-hydrogen) atoms. The minimum absolute atomic E-state index is 0.406. The van der Waals surface area contributed by atoms with Crippen LogP contribution in [-0.2, 0) is 0 Å². The van der Waals surface area contributed by atoms with Gasteiger partial charge in [-0.15, -0.1) is 0 Å². The molecule has 0 bridgehead atoms. The van der Waals surface area contributed by atoms with E-state index in [1.807, 2.05) is 13.8 Å². The highest BCUT2D eigenvalue weighted by Gasteiger charge is 1.78. The number of hydrogen-bond acceptors (Lipinski definition) is 1. The van der Waals surface area contributed by atoms with Gasteiger partial charge in [0.1, 0.15) is 6.67 Å². The van der Waals surface area contributed by atoms with Crippen molar-refractivity contribution in [3.63, 3.8) is 0 Å². The van der Waals surface area contributed by atoms with E-state index in [0.717, 1.165) is 12.3 Å². The number of rotatable bonds is 3. The van der Waals surface area contributed by atoms with Gasteiger partial charge in [-0.05, 0) is 19.9 Å². The van der Waals surface area contributed by atoms with E-state index in [4.69, 9.17) is 0 Å². The van der Waals surface area contributed by atoms with Crippen LogP contribution in [-0.4, -0.2) is 18.9 Å². The van der Waals surface area contributed by atoms with Gasteiger partial charge in [-0.1, -0.05) is 6.08 Å². The fourth-order valence-corrected chi connectivity index (χ4v) is 0.517. The van der Waals surface area contributed by atoms with Crippen molar-refractivity contribution in [3.05, 3.63) is 12.2 Å². The highest BCUT2D eigenvalue weighted by atomic mass is 19.1. The molecule has 0 fully saturated rings. The molecule has 2 heteroatoms. The van der Waals surface area contributed by atoms with Crippen molar-refractivity contribution in [2.75, 3.05) is 13.2 Å². The van der Waals surface area contributed by atoms with Gasteiger partial charge in [0.05, 0.1) is 0 Å². The first-order valence-electron chi connectivity index (χ1n) is 3.04. The number of aliphatic imine (C=N–C) groups is 1. The van der Waals surface area contributed by atoms with Crippen molar-refractivity contribution in [1.29, 1.82) is 0 Å². The van der Waals surface area contributed by atoms with Crippen LogP contribution in [0.15, 0.2) is 17.1 Å². The summed E-state index contributed by atoms with van der Waals surface area (Å²) >= 11 is 0. The fraction of sp³-hybridized carbons (Fsp3) is 0.571. The zero-order chi connectivity index (χ0) is 7.11. The summed E-state index contributed by atoms with van der Waals surface area (Å²) in [5.74, 6) is 0. The van der Waals surface area contributed by atoms with Crippen molar-refractivity contribution in [2.24, 2.45) is 4.99 Å². The van der Waals surface area contributed by atoms with Gasteiger partial charge in [0, 0.05) is 12.3 Å². The maximum Gasteiger partial charge on any atom is 0.108 e.